The number of benzene rings is 2. The molecule has 20 heavy (non-hydrogen) atoms. The average Bonchev–Trinajstić information content (AvgIpc) is 2.41. The summed E-state index contributed by atoms with van der Waals surface area (Å²) >= 11 is 0. The van der Waals surface area contributed by atoms with Gasteiger partial charge in [0.25, 0.3) is 5.91 Å². The Morgan fingerprint density at radius 1 is 1.15 bits per heavy atom. The zero-order chi connectivity index (χ0) is 14.9. The first-order valence-electron chi connectivity index (χ1n) is 5.99. The van der Waals surface area contributed by atoms with Crippen molar-refractivity contribution in [3.63, 3.8) is 0 Å². The van der Waals surface area contributed by atoms with Crippen LogP contribution < -0.4 is 10.6 Å². The fraction of sp³-hybridized carbons (Fsp3) is 0.133. The molecule has 1 amide bonds. The largest absolute Gasteiger partial charge is 0.399 e. The van der Waals surface area contributed by atoms with E-state index in [0.29, 0.717) is 11.4 Å². The first-order chi connectivity index (χ1) is 9.40. The maximum Gasteiger partial charge on any atom is 0.260 e. The van der Waals surface area contributed by atoms with Crippen LogP contribution in [-0.2, 0) is 0 Å². The van der Waals surface area contributed by atoms with Gasteiger partial charge in [0.15, 0.2) is 0 Å². The Labute approximate surface area is 115 Å². The van der Waals surface area contributed by atoms with Crippen LogP contribution in [0.15, 0.2) is 36.4 Å². The molecule has 0 aliphatic rings. The maximum atomic E-state index is 13.7. The van der Waals surface area contributed by atoms with Gasteiger partial charge in [-0.1, -0.05) is 6.07 Å². The summed E-state index contributed by atoms with van der Waals surface area (Å²) in [6.07, 6.45) is 0. The Kier molecular flexibility index (Phi) is 3.70. The second-order valence-corrected chi connectivity index (χ2v) is 4.54. The summed E-state index contributed by atoms with van der Waals surface area (Å²) in [5, 5.41) is 0. The Morgan fingerprint density at radius 3 is 2.50 bits per heavy atom. The molecular weight excluding hydrogens is 262 g/mol. The Balaban J connectivity index is 2.39. The maximum absolute atomic E-state index is 13.7. The first-order valence-corrected chi connectivity index (χ1v) is 5.99. The first kappa shape index (κ1) is 14.0. The van der Waals surface area contributed by atoms with Gasteiger partial charge in [-0.15, -0.1) is 0 Å². The number of carbonyl (C=O) groups excluding carboxylic acids is 1. The number of nitrogens with two attached hydrogens (primary N) is 1. The molecule has 0 aromatic heterocycles. The van der Waals surface area contributed by atoms with Crippen LogP contribution in [-0.4, -0.2) is 13.0 Å². The van der Waals surface area contributed by atoms with Crippen molar-refractivity contribution in [3.05, 3.63) is 59.2 Å². The van der Waals surface area contributed by atoms with E-state index in [-0.39, 0.29) is 11.1 Å². The van der Waals surface area contributed by atoms with E-state index in [4.69, 9.17) is 5.73 Å². The molecular formula is C15H14F2N2O. The second-order valence-electron chi connectivity index (χ2n) is 4.54. The highest BCUT2D eigenvalue weighted by molar-refractivity contribution is 6.06. The van der Waals surface area contributed by atoms with Gasteiger partial charge in [-0.3, -0.25) is 4.79 Å². The number of nitrogen functional groups attached to an aromatic ring is 1. The summed E-state index contributed by atoms with van der Waals surface area (Å²) in [4.78, 5) is 13.5. The van der Waals surface area contributed by atoms with E-state index in [9.17, 15) is 13.6 Å². The van der Waals surface area contributed by atoms with Crippen molar-refractivity contribution >= 4 is 17.3 Å². The lowest BCUT2D eigenvalue weighted by Gasteiger charge is -2.18. The number of anilines is 2. The molecule has 0 bridgehead atoms. The minimum Gasteiger partial charge on any atom is -0.399 e. The molecule has 0 aliphatic heterocycles. The molecule has 0 saturated carbocycles. The lowest BCUT2D eigenvalue weighted by Crippen LogP contribution is -2.27. The normalized spacial score (nSPS) is 10.4. The number of aryl methyl sites for hydroxylation is 1. The smallest absolute Gasteiger partial charge is 0.260 e. The Bertz CT molecular complexity index is 671. The van der Waals surface area contributed by atoms with Gasteiger partial charge in [-0.05, 0) is 36.8 Å². The van der Waals surface area contributed by atoms with Crippen molar-refractivity contribution in [2.75, 3.05) is 17.7 Å². The molecule has 0 atom stereocenters. The van der Waals surface area contributed by atoms with Crippen molar-refractivity contribution in [2.45, 2.75) is 6.92 Å². The van der Waals surface area contributed by atoms with Gasteiger partial charge in [0, 0.05) is 24.5 Å². The van der Waals surface area contributed by atoms with Gasteiger partial charge in [0.2, 0.25) is 0 Å². The van der Waals surface area contributed by atoms with E-state index in [2.05, 4.69) is 0 Å². The fourth-order valence-electron chi connectivity index (χ4n) is 1.85. The third-order valence-corrected chi connectivity index (χ3v) is 3.04. The van der Waals surface area contributed by atoms with E-state index in [1.54, 1.807) is 24.3 Å². The molecule has 104 valence electrons. The van der Waals surface area contributed by atoms with Crippen LogP contribution in [0, 0.1) is 18.6 Å². The Morgan fingerprint density at radius 2 is 1.85 bits per heavy atom. The number of rotatable bonds is 2. The number of hydrogen-bond donors (Lipinski definition) is 1. The third kappa shape index (κ3) is 2.61. The van der Waals surface area contributed by atoms with Gasteiger partial charge >= 0.3 is 0 Å². The molecule has 0 saturated heterocycles. The molecule has 2 aromatic rings. The van der Waals surface area contributed by atoms with Crippen LogP contribution in [0.25, 0.3) is 0 Å². The van der Waals surface area contributed by atoms with Gasteiger partial charge in [0.1, 0.15) is 11.6 Å². The van der Waals surface area contributed by atoms with Gasteiger partial charge in [0.05, 0.1) is 5.56 Å². The van der Waals surface area contributed by atoms with Gasteiger partial charge in [-0.2, -0.15) is 0 Å². The molecule has 2 rings (SSSR count). The number of amides is 1. The fourth-order valence-corrected chi connectivity index (χ4v) is 1.85. The molecule has 2 N–H and O–H groups in total. The monoisotopic (exact) mass is 276 g/mol. The zero-order valence-corrected chi connectivity index (χ0v) is 11.2. The van der Waals surface area contributed by atoms with Gasteiger partial charge < -0.3 is 10.6 Å². The van der Waals surface area contributed by atoms with Crippen LogP contribution in [0.1, 0.15) is 15.9 Å². The molecule has 0 unspecified atom stereocenters. The summed E-state index contributed by atoms with van der Waals surface area (Å²) in [6.45, 7) is 1.48. The second kappa shape index (κ2) is 5.28. The lowest BCUT2D eigenvalue weighted by atomic mass is 10.1. The zero-order valence-electron chi connectivity index (χ0n) is 11.2. The van der Waals surface area contributed by atoms with Crippen LogP contribution in [0.4, 0.5) is 20.2 Å². The van der Waals surface area contributed by atoms with Crippen molar-refractivity contribution in [1.82, 2.24) is 0 Å². The number of hydrogen-bond acceptors (Lipinski definition) is 2. The molecule has 0 heterocycles. The molecule has 3 nitrogen and oxygen atoms in total. The van der Waals surface area contributed by atoms with Crippen molar-refractivity contribution in [3.8, 4) is 0 Å². The highest BCUT2D eigenvalue weighted by Gasteiger charge is 2.19. The lowest BCUT2D eigenvalue weighted by molar-refractivity contribution is 0.0989. The molecule has 0 spiro atoms. The molecule has 0 radical (unpaired) electrons. The van der Waals surface area contributed by atoms with E-state index < -0.39 is 17.5 Å². The Hall–Kier alpha value is -2.43. The number of carbonyl (C=O) groups is 1. The van der Waals surface area contributed by atoms with E-state index >= 15 is 0 Å². The van der Waals surface area contributed by atoms with Crippen LogP contribution in [0.5, 0.6) is 0 Å². The summed E-state index contributed by atoms with van der Waals surface area (Å²) in [7, 11) is 1.51. The van der Waals surface area contributed by atoms with Crippen LogP contribution in [0.3, 0.4) is 0 Å². The highest BCUT2D eigenvalue weighted by atomic mass is 19.1. The predicted molar refractivity (Wildman–Crippen MR) is 74.7 cm³/mol. The molecule has 5 heteroatoms. The summed E-state index contributed by atoms with van der Waals surface area (Å²) in [5.74, 6) is -2.12. The van der Waals surface area contributed by atoms with Gasteiger partial charge in [-0.25, -0.2) is 8.78 Å². The van der Waals surface area contributed by atoms with Crippen molar-refractivity contribution in [2.24, 2.45) is 0 Å². The van der Waals surface area contributed by atoms with E-state index in [1.165, 1.54) is 24.9 Å². The average molecular weight is 276 g/mol. The predicted octanol–water partition coefficient (Wildman–Crippen LogP) is 3.13. The van der Waals surface area contributed by atoms with Crippen molar-refractivity contribution in [1.29, 1.82) is 0 Å². The molecule has 2 aromatic carbocycles. The number of halogens is 2. The molecule has 0 aliphatic carbocycles. The third-order valence-electron chi connectivity index (χ3n) is 3.04. The summed E-state index contributed by atoms with van der Waals surface area (Å²) in [5.41, 5.74) is 6.73. The quantitative estimate of drug-likeness (QED) is 0.856. The SMILES string of the molecule is Cc1cc(C(=O)N(C)c2cccc(N)c2)c(F)cc1F. The summed E-state index contributed by atoms with van der Waals surface area (Å²) < 4.78 is 26.9. The standard InChI is InChI=1S/C15H14F2N2O/c1-9-6-12(14(17)8-13(9)16)15(20)19(2)11-5-3-4-10(18)7-11/h3-8H,18H2,1-2H3. The van der Waals surface area contributed by atoms with E-state index in [1.807, 2.05) is 0 Å². The number of nitrogens with zero attached hydrogens (tertiary/aromatic N) is 1. The minimum atomic E-state index is -0.881. The van der Waals surface area contributed by atoms with Crippen molar-refractivity contribution < 1.29 is 13.6 Å². The minimum absolute atomic E-state index is 0.172. The highest BCUT2D eigenvalue weighted by Crippen LogP contribution is 2.21. The molecule has 0 fully saturated rings. The topological polar surface area (TPSA) is 46.3 Å². The summed E-state index contributed by atoms with van der Waals surface area (Å²) in [6, 6.07) is 8.59. The van der Waals surface area contributed by atoms with Crippen LogP contribution in [0.2, 0.25) is 0 Å². The van der Waals surface area contributed by atoms with E-state index in [0.717, 1.165) is 6.07 Å². The van der Waals surface area contributed by atoms with Crippen LogP contribution >= 0.6 is 0 Å².